The zero-order chi connectivity index (χ0) is 20.2. The van der Waals surface area contributed by atoms with Crippen molar-refractivity contribution in [1.29, 1.82) is 0 Å². The molecule has 1 amide bonds. The lowest BCUT2D eigenvalue weighted by atomic mass is 10.1. The molecule has 29 heavy (non-hydrogen) atoms. The smallest absolute Gasteiger partial charge is 0.255 e. The molecule has 4 aromatic rings. The van der Waals surface area contributed by atoms with Gasteiger partial charge in [0.25, 0.3) is 5.91 Å². The van der Waals surface area contributed by atoms with E-state index in [1.807, 2.05) is 72.2 Å². The first-order chi connectivity index (χ1) is 14.1. The summed E-state index contributed by atoms with van der Waals surface area (Å²) >= 11 is 0. The topological polar surface area (TPSA) is 55.6 Å². The van der Waals surface area contributed by atoms with Gasteiger partial charge in [-0.25, -0.2) is 4.98 Å². The highest BCUT2D eigenvalue weighted by Crippen LogP contribution is 2.20. The number of hydrogen-bond acceptors (Lipinski definition) is 3. The first-order valence-corrected chi connectivity index (χ1v) is 9.69. The van der Waals surface area contributed by atoms with E-state index in [-0.39, 0.29) is 5.91 Å². The molecule has 0 spiro atoms. The fraction of sp³-hybridized carbons (Fsp3) is 0.167. The summed E-state index contributed by atoms with van der Waals surface area (Å²) in [6.07, 6.45) is 4.79. The van der Waals surface area contributed by atoms with E-state index in [4.69, 9.17) is 4.74 Å². The summed E-state index contributed by atoms with van der Waals surface area (Å²) in [6, 6.07) is 19.1. The number of amides is 1. The van der Waals surface area contributed by atoms with Gasteiger partial charge >= 0.3 is 0 Å². The molecule has 4 rings (SSSR count). The standard InChI is InChI=1S/C24H23N3O2/c1-3-18-9-4-5-12-22(18)26-24(28)19-10-6-11-21(14-19)29-16-20-15-27-13-7-8-17(2)23(27)25-20/h4-15H,3,16H2,1-2H3,(H,26,28). The van der Waals surface area contributed by atoms with Crippen molar-refractivity contribution >= 4 is 17.2 Å². The Balaban J connectivity index is 1.46. The highest BCUT2D eigenvalue weighted by molar-refractivity contribution is 6.04. The van der Waals surface area contributed by atoms with Crippen molar-refractivity contribution in [2.75, 3.05) is 5.32 Å². The van der Waals surface area contributed by atoms with Crippen molar-refractivity contribution in [3.63, 3.8) is 0 Å². The number of ether oxygens (including phenoxy) is 1. The number of carbonyl (C=O) groups excluding carboxylic acids is 1. The lowest BCUT2D eigenvalue weighted by Crippen LogP contribution is -2.13. The molecule has 0 fully saturated rings. The summed E-state index contributed by atoms with van der Waals surface area (Å²) in [7, 11) is 0. The number of nitrogens with zero attached hydrogens (tertiary/aromatic N) is 2. The largest absolute Gasteiger partial charge is 0.487 e. The van der Waals surface area contributed by atoms with Gasteiger partial charge in [0.05, 0.1) is 5.69 Å². The summed E-state index contributed by atoms with van der Waals surface area (Å²) in [5.41, 5.74) is 5.38. The lowest BCUT2D eigenvalue weighted by Gasteiger charge is -2.11. The maximum Gasteiger partial charge on any atom is 0.255 e. The second-order valence-corrected chi connectivity index (χ2v) is 6.94. The van der Waals surface area contributed by atoms with Gasteiger partial charge in [0.2, 0.25) is 0 Å². The van der Waals surface area contributed by atoms with Crippen LogP contribution >= 0.6 is 0 Å². The first-order valence-electron chi connectivity index (χ1n) is 9.69. The third-order valence-corrected chi connectivity index (χ3v) is 4.86. The molecule has 0 radical (unpaired) electrons. The number of fused-ring (bicyclic) bond motifs is 1. The Bertz CT molecular complexity index is 1160. The Labute approximate surface area is 170 Å². The van der Waals surface area contributed by atoms with E-state index >= 15 is 0 Å². The minimum atomic E-state index is -0.153. The molecule has 2 aromatic carbocycles. The number of imidazole rings is 1. The Morgan fingerprint density at radius 3 is 2.79 bits per heavy atom. The summed E-state index contributed by atoms with van der Waals surface area (Å²) < 4.78 is 7.88. The average Bonchev–Trinajstić information content (AvgIpc) is 3.17. The van der Waals surface area contributed by atoms with Gasteiger partial charge in [0.1, 0.15) is 18.0 Å². The normalized spacial score (nSPS) is 10.8. The second kappa shape index (κ2) is 8.19. The molecular weight excluding hydrogens is 362 g/mol. The van der Waals surface area contributed by atoms with Crippen LogP contribution in [0.15, 0.2) is 73.1 Å². The lowest BCUT2D eigenvalue weighted by molar-refractivity contribution is 0.102. The fourth-order valence-electron chi connectivity index (χ4n) is 3.30. The van der Waals surface area contributed by atoms with E-state index in [1.165, 1.54) is 0 Å². The molecule has 0 aliphatic heterocycles. The van der Waals surface area contributed by atoms with Crippen LogP contribution in [-0.2, 0) is 13.0 Å². The van der Waals surface area contributed by atoms with Crippen LogP contribution in [-0.4, -0.2) is 15.3 Å². The van der Waals surface area contributed by atoms with Crippen LogP contribution in [0, 0.1) is 6.92 Å². The van der Waals surface area contributed by atoms with Crippen LogP contribution in [0.3, 0.4) is 0 Å². The predicted molar refractivity (Wildman–Crippen MR) is 114 cm³/mol. The van der Waals surface area contributed by atoms with Gasteiger partial charge in [-0.1, -0.05) is 37.3 Å². The first kappa shape index (κ1) is 18.7. The predicted octanol–water partition coefficient (Wildman–Crippen LogP) is 5.04. The third kappa shape index (κ3) is 4.14. The van der Waals surface area contributed by atoms with Crippen molar-refractivity contribution in [3.05, 3.63) is 95.4 Å². The number of pyridine rings is 1. The van der Waals surface area contributed by atoms with Crippen molar-refractivity contribution in [3.8, 4) is 5.75 Å². The van der Waals surface area contributed by atoms with Crippen LogP contribution in [0.4, 0.5) is 5.69 Å². The number of aromatic nitrogens is 2. The second-order valence-electron chi connectivity index (χ2n) is 6.94. The van der Waals surface area contributed by atoms with Gasteiger partial charge in [0.15, 0.2) is 0 Å². The molecule has 5 heteroatoms. The maximum atomic E-state index is 12.7. The van der Waals surface area contributed by atoms with Crippen molar-refractivity contribution in [2.24, 2.45) is 0 Å². The number of benzene rings is 2. The monoisotopic (exact) mass is 385 g/mol. The molecule has 2 heterocycles. The van der Waals surface area contributed by atoms with E-state index in [1.54, 1.807) is 12.1 Å². The van der Waals surface area contributed by atoms with Crippen LogP contribution in [0.2, 0.25) is 0 Å². The van der Waals surface area contributed by atoms with Gasteiger partial charge in [-0.05, 0) is 54.8 Å². The number of rotatable bonds is 6. The van der Waals surface area contributed by atoms with Gasteiger partial charge in [0, 0.05) is 23.6 Å². The fourth-order valence-corrected chi connectivity index (χ4v) is 3.30. The van der Waals surface area contributed by atoms with E-state index in [0.717, 1.165) is 34.6 Å². The van der Waals surface area contributed by atoms with Gasteiger partial charge < -0.3 is 14.5 Å². The van der Waals surface area contributed by atoms with Gasteiger partial charge in [-0.15, -0.1) is 0 Å². The highest BCUT2D eigenvalue weighted by Gasteiger charge is 2.10. The summed E-state index contributed by atoms with van der Waals surface area (Å²) in [5, 5.41) is 2.99. The Morgan fingerprint density at radius 2 is 1.97 bits per heavy atom. The van der Waals surface area contributed by atoms with E-state index in [9.17, 15) is 4.79 Å². The number of aryl methyl sites for hydroxylation is 2. The van der Waals surface area contributed by atoms with Crippen LogP contribution < -0.4 is 10.1 Å². The average molecular weight is 385 g/mol. The van der Waals surface area contributed by atoms with E-state index in [2.05, 4.69) is 17.2 Å². The highest BCUT2D eigenvalue weighted by atomic mass is 16.5. The molecule has 0 aliphatic rings. The minimum absolute atomic E-state index is 0.153. The zero-order valence-corrected chi connectivity index (χ0v) is 16.6. The van der Waals surface area contributed by atoms with Crippen molar-refractivity contribution in [2.45, 2.75) is 26.9 Å². The van der Waals surface area contributed by atoms with Gasteiger partial charge in [-0.2, -0.15) is 0 Å². The Morgan fingerprint density at radius 1 is 1.10 bits per heavy atom. The van der Waals surface area contributed by atoms with Crippen LogP contribution in [0.25, 0.3) is 5.65 Å². The molecule has 0 aliphatic carbocycles. The molecule has 0 atom stereocenters. The van der Waals surface area contributed by atoms with Gasteiger partial charge in [-0.3, -0.25) is 4.79 Å². The number of anilines is 1. The maximum absolute atomic E-state index is 12.7. The summed E-state index contributed by atoms with van der Waals surface area (Å²) in [4.78, 5) is 17.3. The van der Waals surface area contributed by atoms with E-state index in [0.29, 0.717) is 17.9 Å². The SMILES string of the molecule is CCc1ccccc1NC(=O)c1cccc(OCc2cn3cccc(C)c3n2)c1. The molecule has 0 saturated heterocycles. The number of carbonyl (C=O) groups is 1. The quantitative estimate of drug-likeness (QED) is 0.506. The van der Waals surface area contributed by atoms with Crippen molar-refractivity contribution < 1.29 is 9.53 Å². The van der Waals surface area contributed by atoms with Crippen molar-refractivity contribution in [1.82, 2.24) is 9.38 Å². The van der Waals surface area contributed by atoms with E-state index < -0.39 is 0 Å². The Hall–Kier alpha value is -3.60. The minimum Gasteiger partial charge on any atom is -0.487 e. The van der Waals surface area contributed by atoms with Crippen LogP contribution in [0.1, 0.15) is 34.1 Å². The third-order valence-electron chi connectivity index (χ3n) is 4.86. The summed E-state index contributed by atoms with van der Waals surface area (Å²) in [5.74, 6) is 0.481. The molecule has 0 unspecified atom stereocenters. The number of hydrogen-bond donors (Lipinski definition) is 1. The molecule has 1 N–H and O–H groups in total. The zero-order valence-electron chi connectivity index (χ0n) is 16.6. The molecule has 0 saturated carbocycles. The molecular formula is C24H23N3O2. The molecule has 146 valence electrons. The molecule has 2 aromatic heterocycles. The van der Waals surface area contributed by atoms with Crippen LogP contribution in [0.5, 0.6) is 5.75 Å². The molecule has 5 nitrogen and oxygen atoms in total. The number of para-hydroxylation sites is 1. The summed E-state index contributed by atoms with van der Waals surface area (Å²) in [6.45, 7) is 4.44. The Kier molecular flexibility index (Phi) is 5.29. The molecule has 0 bridgehead atoms. The number of nitrogens with one attached hydrogen (secondary N) is 1.